The van der Waals surface area contributed by atoms with E-state index in [1.54, 1.807) is 6.08 Å². The number of carbonyl (C=O) groups is 1. The lowest BCUT2D eigenvalue weighted by Gasteiger charge is -2.25. The molecule has 3 unspecified atom stereocenters. The number of hydrogen-bond donors (Lipinski definition) is 3. The molecule has 8 nitrogen and oxygen atoms in total. The minimum Gasteiger partial charge on any atom is -0.387 e. The molecule has 0 spiro atoms. The zero-order valence-corrected chi connectivity index (χ0v) is 45.2. The number of aliphatic hydroxyl groups excluding tert-OH is 1. The van der Waals surface area contributed by atoms with Crippen molar-refractivity contribution in [1.82, 2.24) is 5.32 Å². The summed E-state index contributed by atoms with van der Waals surface area (Å²) >= 11 is 0. The average Bonchev–Trinajstić information content (AvgIpc) is 3.30. The Hall–Kier alpha value is -2.84. The van der Waals surface area contributed by atoms with Gasteiger partial charge < -0.3 is 19.8 Å². The Morgan fingerprint density at radius 2 is 0.897 bits per heavy atom. The Kier molecular flexibility index (Phi) is 47.1. The van der Waals surface area contributed by atoms with Gasteiger partial charge in [0.05, 0.1) is 39.9 Å². The maximum atomic E-state index is 12.9. The summed E-state index contributed by atoms with van der Waals surface area (Å²) in [4.78, 5) is 23.2. The van der Waals surface area contributed by atoms with Crippen LogP contribution in [-0.4, -0.2) is 73.4 Å². The maximum absolute atomic E-state index is 12.9. The number of aliphatic hydroxyl groups is 1. The third-order valence-electron chi connectivity index (χ3n) is 11.5. The van der Waals surface area contributed by atoms with Gasteiger partial charge in [-0.3, -0.25) is 13.8 Å². The number of allylic oxidation sites excluding steroid dienone is 17. The van der Waals surface area contributed by atoms with E-state index in [2.05, 4.69) is 116 Å². The maximum Gasteiger partial charge on any atom is 0.472 e. The molecule has 390 valence electrons. The van der Waals surface area contributed by atoms with Crippen LogP contribution in [0.4, 0.5) is 0 Å². The fraction of sp³-hybridized carbons (Fsp3) is 0.678. The third kappa shape index (κ3) is 51.0. The molecule has 0 heterocycles. The van der Waals surface area contributed by atoms with Gasteiger partial charge in [-0.15, -0.1) is 0 Å². The predicted octanol–water partition coefficient (Wildman–Crippen LogP) is 16.4. The Morgan fingerprint density at radius 3 is 1.35 bits per heavy atom. The molecule has 0 saturated carbocycles. The summed E-state index contributed by atoms with van der Waals surface area (Å²) in [6.45, 7) is 4.63. The molecule has 0 bridgehead atoms. The van der Waals surface area contributed by atoms with Crippen molar-refractivity contribution >= 4 is 13.7 Å². The first-order chi connectivity index (χ1) is 33.0. The summed E-state index contributed by atoms with van der Waals surface area (Å²) in [5, 5.41) is 13.8. The first-order valence-corrected chi connectivity index (χ1v) is 28.8. The number of unbranched alkanes of at least 4 members (excludes halogenated alkanes) is 19. The van der Waals surface area contributed by atoms with E-state index in [0.717, 1.165) is 83.5 Å². The van der Waals surface area contributed by atoms with Gasteiger partial charge in [-0.05, 0) is 89.9 Å². The largest absolute Gasteiger partial charge is 0.472 e. The molecule has 0 fully saturated rings. The lowest BCUT2D eigenvalue weighted by atomic mass is 10.0. The van der Waals surface area contributed by atoms with Crippen molar-refractivity contribution in [3.05, 3.63) is 109 Å². The highest BCUT2D eigenvalue weighted by atomic mass is 31.2. The van der Waals surface area contributed by atoms with Gasteiger partial charge in [0.15, 0.2) is 0 Å². The monoisotopic (exact) mass is 968 g/mol. The molecular weight excluding hydrogens is 864 g/mol. The van der Waals surface area contributed by atoms with Gasteiger partial charge in [0.25, 0.3) is 0 Å². The van der Waals surface area contributed by atoms with Crippen molar-refractivity contribution < 1.29 is 32.9 Å². The second-order valence-corrected chi connectivity index (χ2v) is 20.7. The molecule has 0 saturated heterocycles. The highest BCUT2D eigenvalue weighted by Crippen LogP contribution is 2.43. The Bertz CT molecular complexity index is 1470. The molecule has 9 heteroatoms. The number of phosphoric acid groups is 1. The van der Waals surface area contributed by atoms with Crippen LogP contribution in [-0.2, 0) is 18.4 Å². The van der Waals surface area contributed by atoms with Crippen molar-refractivity contribution in [3.8, 4) is 0 Å². The van der Waals surface area contributed by atoms with E-state index in [1.165, 1.54) is 103 Å². The molecule has 0 aromatic rings. The summed E-state index contributed by atoms with van der Waals surface area (Å²) in [6.07, 6.45) is 72.0. The average molecular weight is 968 g/mol. The molecule has 0 aromatic heterocycles. The minimum absolute atomic E-state index is 0.0514. The second-order valence-electron chi connectivity index (χ2n) is 19.2. The molecule has 0 aliphatic rings. The Morgan fingerprint density at radius 1 is 0.515 bits per heavy atom. The first-order valence-electron chi connectivity index (χ1n) is 27.3. The van der Waals surface area contributed by atoms with E-state index < -0.39 is 20.0 Å². The summed E-state index contributed by atoms with van der Waals surface area (Å²) in [6, 6.07) is -0.868. The van der Waals surface area contributed by atoms with Gasteiger partial charge in [-0.1, -0.05) is 220 Å². The van der Waals surface area contributed by atoms with Crippen LogP contribution < -0.4 is 5.32 Å². The molecule has 68 heavy (non-hydrogen) atoms. The SMILES string of the molecule is CC/C=C\C/C=C\C/C=C\C/C=C\C/C=C\C/C=C\C/C=C\CCCCCCCCCCCCCCCC(=O)NC(COP(=O)(O)OCC[N+](C)(C)C)C(O)/C=C/CC/C=C/CCCCCCC. The van der Waals surface area contributed by atoms with Crippen LogP contribution in [0.5, 0.6) is 0 Å². The molecule has 1 amide bonds. The highest BCUT2D eigenvalue weighted by Gasteiger charge is 2.27. The van der Waals surface area contributed by atoms with Crippen LogP contribution in [0.1, 0.15) is 206 Å². The fourth-order valence-electron chi connectivity index (χ4n) is 7.21. The summed E-state index contributed by atoms with van der Waals surface area (Å²) in [5.41, 5.74) is 0. The molecule has 0 radical (unpaired) electrons. The Labute approximate surface area is 419 Å². The minimum atomic E-state index is -4.35. The number of rotatable bonds is 48. The van der Waals surface area contributed by atoms with Gasteiger partial charge in [-0.25, -0.2) is 4.57 Å². The van der Waals surface area contributed by atoms with Crippen molar-refractivity contribution in [2.24, 2.45) is 0 Å². The number of amides is 1. The normalized spacial score (nSPS) is 14.9. The standard InChI is InChI=1S/C59H103N2O6P/c1-6-8-10-12-14-16-18-19-20-21-22-23-24-25-26-27-28-29-30-31-32-33-34-35-36-37-38-39-40-41-43-45-47-49-51-53-59(63)60-57(56-67-68(64,65)66-55-54-61(3,4)5)58(62)52-50-48-46-44-42-17-15-13-11-9-7-2/h8,10,14,16,19-20,22-23,25-26,28-29,31-32,42,44,50,52,57-58,62H,6-7,9,11-13,15,17-18,21,24,27,30,33-41,43,45-49,51,53-56H2,1-5H3,(H-,60,63,64,65)/p+1/b10-8-,16-14-,20-19-,23-22-,26-25-,29-28-,32-31-,44-42+,52-50+. The van der Waals surface area contributed by atoms with Gasteiger partial charge >= 0.3 is 7.82 Å². The number of likely N-dealkylation sites (N-methyl/N-ethyl adjacent to an activating group) is 1. The summed E-state index contributed by atoms with van der Waals surface area (Å²) in [5.74, 6) is -0.194. The van der Waals surface area contributed by atoms with Crippen molar-refractivity contribution in [3.63, 3.8) is 0 Å². The zero-order valence-electron chi connectivity index (χ0n) is 44.3. The molecule has 3 N–H and O–H groups in total. The molecular formula is C59H104N2O6P+. The number of nitrogens with zero attached hydrogens (tertiary/aromatic N) is 1. The predicted molar refractivity (Wildman–Crippen MR) is 295 cm³/mol. The van der Waals surface area contributed by atoms with E-state index >= 15 is 0 Å². The van der Waals surface area contributed by atoms with Crippen molar-refractivity contribution in [2.45, 2.75) is 219 Å². The summed E-state index contributed by atoms with van der Waals surface area (Å²) in [7, 11) is 1.54. The van der Waals surface area contributed by atoms with Crippen LogP contribution >= 0.6 is 7.82 Å². The number of carbonyl (C=O) groups excluding carboxylic acids is 1. The number of nitrogens with one attached hydrogen (secondary N) is 1. The van der Waals surface area contributed by atoms with Crippen LogP contribution in [0.3, 0.4) is 0 Å². The van der Waals surface area contributed by atoms with Gasteiger partial charge in [-0.2, -0.15) is 0 Å². The molecule has 0 aliphatic carbocycles. The van der Waals surface area contributed by atoms with Crippen LogP contribution in [0.25, 0.3) is 0 Å². The van der Waals surface area contributed by atoms with Gasteiger partial charge in [0.1, 0.15) is 13.2 Å². The molecule has 3 atom stereocenters. The lowest BCUT2D eigenvalue weighted by molar-refractivity contribution is -0.870. The van der Waals surface area contributed by atoms with E-state index in [9.17, 15) is 19.4 Å². The fourth-order valence-corrected chi connectivity index (χ4v) is 7.95. The number of phosphoric ester groups is 1. The number of quaternary nitrogens is 1. The van der Waals surface area contributed by atoms with E-state index in [-0.39, 0.29) is 19.1 Å². The smallest absolute Gasteiger partial charge is 0.387 e. The first kappa shape index (κ1) is 65.2. The second kappa shape index (κ2) is 49.2. The quantitative estimate of drug-likeness (QED) is 0.0243. The van der Waals surface area contributed by atoms with E-state index in [1.807, 2.05) is 27.2 Å². The topological polar surface area (TPSA) is 105 Å². The molecule has 0 aromatic carbocycles. The van der Waals surface area contributed by atoms with Crippen LogP contribution in [0, 0.1) is 0 Å². The molecule has 0 rings (SSSR count). The van der Waals surface area contributed by atoms with Crippen LogP contribution in [0.15, 0.2) is 109 Å². The van der Waals surface area contributed by atoms with Crippen molar-refractivity contribution in [1.29, 1.82) is 0 Å². The number of hydrogen-bond acceptors (Lipinski definition) is 5. The third-order valence-corrected chi connectivity index (χ3v) is 12.5. The Balaban J connectivity index is 4.08. The van der Waals surface area contributed by atoms with Crippen molar-refractivity contribution in [2.75, 3.05) is 40.9 Å². The summed E-state index contributed by atoms with van der Waals surface area (Å²) < 4.78 is 23.6. The van der Waals surface area contributed by atoms with E-state index in [0.29, 0.717) is 17.4 Å². The van der Waals surface area contributed by atoms with E-state index in [4.69, 9.17) is 9.05 Å². The lowest BCUT2D eigenvalue weighted by Crippen LogP contribution is -2.45. The molecule has 0 aliphatic heterocycles. The van der Waals surface area contributed by atoms with Gasteiger partial charge in [0, 0.05) is 6.42 Å². The zero-order chi connectivity index (χ0) is 49.9. The van der Waals surface area contributed by atoms with Crippen LogP contribution in [0.2, 0.25) is 0 Å². The van der Waals surface area contributed by atoms with Gasteiger partial charge in [0.2, 0.25) is 5.91 Å². The highest BCUT2D eigenvalue weighted by molar-refractivity contribution is 7.47.